The molecule has 0 atom stereocenters. The molecular weight excluding hydrogens is 605 g/mol. The van der Waals surface area contributed by atoms with Gasteiger partial charge in [0.2, 0.25) is 0 Å². The van der Waals surface area contributed by atoms with E-state index in [1.165, 1.54) is 56.0 Å². The van der Waals surface area contributed by atoms with Crippen LogP contribution in [0.25, 0.3) is 0 Å². The fraction of sp³-hybridized carbons (Fsp3) is 0.417. The van der Waals surface area contributed by atoms with Crippen LogP contribution in [0.5, 0.6) is 0 Å². The Balaban J connectivity index is 0.000000312. The molecule has 3 aromatic carbocycles. The van der Waals surface area contributed by atoms with Crippen molar-refractivity contribution in [3.8, 4) is 0 Å². The maximum Gasteiger partial charge on any atom is 0.0404 e. The van der Waals surface area contributed by atoms with Crippen LogP contribution in [0.1, 0.15) is 125 Å². The second-order valence-corrected chi connectivity index (χ2v) is 12.2. The molecule has 2 aromatic heterocycles. The van der Waals surface area contributed by atoms with Gasteiger partial charge >= 0.3 is 0 Å². The third kappa shape index (κ3) is 18.1. The van der Waals surface area contributed by atoms with E-state index >= 15 is 0 Å². The third-order valence-electron chi connectivity index (χ3n) is 8.77. The highest BCUT2D eigenvalue weighted by atomic mass is 14.7. The van der Waals surface area contributed by atoms with E-state index in [9.17, 15) is 0 Å². The van der Waals surface area contributed by atoms with Gasteiger partial charge in [-0.1, -0.05) is 154 Å². The highest BCUT2D eigenvalue weighted by Gasteiger charge is 1.95. The van der Waals surface area contributed by atoms with E-state index in [0.717, 1.165) is 64.2 Å². The predicted octanol–water partition coefficient (Wildman–Crippen LogP) is 12.8. The topological polar surface area (TPSA) is 25.8 Å². The third-order valence-corrected chi connectivity index (χ3v) is 8.77. The minimum atomic E-state index is 1.03. The van der Waals surface area contributed by atoms with E-state index in [0.29, 0.717) is 0 Å². The van der Waals surface area contributed by atoms with Crippen molar-refractivity contribution in [2.75, 3.05) is 0 Å². The summed E-state index contributed by atoms with van der Waals surface area (Å²) >= 11 is 0. The fourth-order valence-corrected chi connectivity index (χ4v) is 5.12. The molecule has 0 fully saturated rings. The Morgan fingerprint density at radius 1 is 0.320 bits per heavy atom. The van der Waals surface area contributed by atoms with Gasteiger partial charge in [-0.3, -0.25) is 9.97 Å². The number of nitrogens with zero attached hydrogens (tertiary/aromatic N) is 2. The fourth-order valence-electron chi connectivity index (χ4n) is 5.12. The lowest BCUT2D eigenvalue weighted by atomic mass is 10.0. The van der Waals surface area contributed by atoms with Crippen molar-refractivity contribution < 1.29 is 0 Å². The normalized spacial score (nSPS) is 9.80. The summed E-state index contributed by atoms with van der Waals surface area (Å²) in [5.41, 5.74) is 13.6. The second kappa shape index (κ2) is 27.7. The van der Waals surface area contributed by atoms with Crippen LogP contribution in [-0.4, -0.2) is 9.97 Å². The monoisotopic (exact) mass is 673 g/mol. The number of rotatable bonds is 10. The van der Waals surface area contributed by atoms with Crippen LogP contribution in [0.15, 0.2) is 109 Å². The Labute approximate surface area is 307 Å². The van der Waals surface area contributed by atoms with Crippen LogP contribution >= 0.6 is 0 Å². The highest BCUT2D eigenvalue weighted by molar-refractivity contribution is 5.27. The van der Waals surface area contributed by atoms with Crippen molar-refractivity contribution in [2.24, 2.45) is 0 Å². The van der Waals surface area contributed by atoms with Crippen LogP contribution in [-0.2, 0) is 64.2 Å². The average molecular weight is 673 g/mol. The van der Waals surface area contributed by atoms with Gasteiger partial charge in [-0.25, -0.2) is 0 Å². The average Bonchev–Trinajstić information content (AvgIpc) is 3.21. The zero-order chi connectivity index (χ0) is 37.0. The molecule has 0 N–H and O–H groups in total. The molecule has 0 amide bonds. The number of aromatic nitrogens is 2. The van der Waals surface area contributed by atoms with E-state index in [2.05, 4.69) is 182 Å². The molecule has 0 saturated carbocycles. The molecule has 270 valence electrons. The smallest absolute Gasteiger partial charge is 0.0404 e. The van der Waals surface area contributed by atoms with Crippen LogP contribution in [0.3, 0.4) is 0 Å². The number of hydrogen-bond donors (Lipinski definition) is 0. The molecule has 2 heteroatoms. The summed E-state index contributed by atoms with van der Waals surface area (Å²) in [7, 11) is 0. The summed E-state index contributed by atoms with van der Waals surface area (Å²) in [5.74, 6) is 0. The Hall–Kier alpha value is -4.04. The summed E-state index contributed by atoms with van der Waals surface area (Å²) in [4.78, 5) is 8.68. The van der Waals surface area contributed by atoms with E-state index < -0.39 is 0 Å². The Bertz CT molecular complexity index is 1330. The number of hydrogen-bond acceptors (Lipinski definition) is 2. The van der Waals surface area contributed by atoms with Gasteiger partial charge < -0.3 is 0 Å². The van der Waals surface area contributed by atoms with Gasteiger partial charge in [0.1, 0.15) is 0 Å². The molecule has 0 radical (unpaired) electrons. The molecule has 0 aliphatic heterocycles. The Kier molecular flexibility index (Phi) is 24.4. The summed E-state index contributed by atoms with van der Waals surface area (Å²) in [5, 5.41) is 0. The zero-order valence-electron chi connectivity index (χ0n) is 33.4. The van der Waals surface area contributed by atoms with Gasteiger partial charge in [-0.15, -0.1) is 0 Å². The van der Waals surface area contributed by atoms with Crippen molar-refractivity contribution in [2.45, 2.75) is 133 Å². The van der Waals surface area contributed by atoms with Gasteiger partial charge in [0, 0.05) is 23.3 Å². The van der Waals surface area contributed by atoms with Gasteiger partial charge in [0.05, 0.1) is 0 Å². The van der Waals surface area contributed by atoms with Crippen molar-refractivity contribution in [1.82, 2.24) is 9.97 Å². The Morgan fingerprint density at radius 3 is 1.06 bits per heavy atom. The van der Waals surface area contributed by atoms with Gasteiger partial charge in [-0.2, -0.15) is 0 Å². The first-order valence-corrected chi connectivity index (χ1v) is 19.4. The van der Waals surface area contributed by atoms with Crippen molar-refractivity contribution >= 4 is 0 Å². The van der Waals surface area contributed by atoms with Crippen LogP contribution in [0.4, 0.5) is 0 Å². The molecule has 0 aliphatic rings. The lowest BCUT2D eigenvalue weighted by Gasteiger charge is -2.02. The van der Waals surface area contributed by atoms with Crippen LogP contribution < -0.4 is 0 Å². The quantitative estimate of drug-likeness (QED) is 0.148. The first kappa shape index (κ1) is 44.0. The van der Waals surface area contributed by atoms with Crippen LogP contribution in [0, 0.1) is 0 Å². The molecule has 5 aromatic rings. The standard InChI is InChI=1S/3C10H14.2C9H13N/c1-3-9-5-7-10(4-2)8-6-9;1-3-9-6-5-7-10(4-2)8-9;1-3-9-7-5-6-8-10(9)4-2;1-3-8-5-6-9(4-2)10-7-8;1-3-8-6-5-7-9(4-2)10-8/h3*5-8H,3-4H2,1-2H3;2*5-7H,3-4H2,1-2H3. The first-order valence-electron chi connectivity index (χ1n) is 19.4. The summed E-state index contributed by atoms with van der Waals surface area (Å²) in [6.45, 7) is 21.7. The maximum absolute atomic E-state index is 4.41. The molecule has 50 heavy (non-hydrogen) atoms. The second-order valence-electron chi connectivity index (χ2n) is 12.2. The number of aryl methyl sites for hydroxylation is 10. The van der Waals surface area contributed by atoms with E-state index in [1.54, 1.807) is 0 Å². The molecule has 0 aliphatic carbocycles. The largest absolute Gasteiger partial charge is 0.261 e. The molecule has 5 rings (SSSR count). The highest BCUT2D eigenvalue weighted by Crippen LogP contribution is 2.09. The minimum absolute atomic E-state index is 1.03. The lowest BCUT2D eigenvalue weighted by molar-refractivity contribution is 0.955. The van der Waals surface area contributed by atoms with Crippen molar-refractivity contribution in [3.05, 3.63) is 165 Å². The minimum Gasteiger partial charge on any atom is -0.261 e. The Morgan fingerprint density at radius 2 is 0.720 bits per heavy atom. The molecule has 0 unspecified atom stereocenters. The molecule has 0 bridgehead atoms. The lowest BCUT2D eigenvalue weighted by Crippen LogP contribution is -1.91. The first-order chi connectivity index (χ1) is 24.3. The molecule has 0 saturated heterocycles. The summed E-state index contributed by atoms with van der Waals surface area (Å²) in [6, 6.07) is 36.7. The SMILES string of the molecule is CCc1ccc(CC)cc1.CCc1ccc(CC)nc1.CCc1cccc(CC)c1.CCc1cccc(CC)n1.CCc1ccccc1CC. The predicted molar refractivity (Wildman–Crippen MR) is 222 cm³/mol. The number of pyridine rings is 2. The van der Waals surface area contributed by atoms with E-state index in [1.807, 2.05) is 6.20 Å². The molecule has 2 heterocycles. The molecule has 0 spiro atoms. The molecular formula is C48H68N2. The van der Waals surface area contributed by atoms with Gasteiger partial charge in [-0.05, 0) is 121 Å². The summed E-state index contributed by atoms with van der Waals surface area (Å²) < 4.78 is 0. The van der Waals surface area contributed by atoms with E-state index in [4.69, 9.17) is 0 Å². The van der Waals surface area contributed by atoms with Crippen molar-refractivity contribution in [1.29, 1.82) is 0 Å². The summed E-state index contributed by atoms with van der Waals surface area (Å²) in [6.07, 6.45) is 13.0. The van der Waals surface area contributed by atoms with Gasteiger partial charge in [0.15, 0.2) is 0 Å². The van der Waals surface area contributed by atoms with Crippen molar-refractivity contribution in [3.63, 3.8) is 0 Å². The van der Waals surface area contributed by atoms with E-state index in [-0.39, 0.29) is 0 Å². The van der Waals surface area contributed by atoms with Gasteiger partial charge in [0.25, 0.3) is 0 Å². The van der Waals surface area contributed by atoms with Crippen LogP contribution in [0.2, 0.25) is 0 Å². The molecule has 2 nitrogen and oxygen atoms in total. The maximum atomic E-state index is 4.41. The number of benzene rings is 3. The zero-order valence-corrected chi connectivity index (χ0v) is 33.4.